The first-order valence-corrected chi connectivity index (χ1v) is 6.39. The summed E-state index contributed by atoms with van der Waals surface area (Å²) < 4.78 is 7.22. The number of hydrogen-bond donors (Lipinski definition) is 1. The molecule has 4 nitrogen and oxygen atoms in total. The Balaban J connectivity index is 1.96. The first-order valence-electron chi connectivity index (χ1n) is 6.39. The summed E-state index contributed by atoms with van der Waals surface area (Å²) in [4.78, 5) is 11.8. The van der Waals surface area contributed by atoms with Gasteiger partial charge in [0.2, 0.25) is 0 Å². The maximum atomic E-state index is 11.8. The van der Waals surface area contributed by atoms with Crippen LogP contribution >= 0.6 is 0 Å². The number of carbonyl (C=O) groups excluding carboxylic acids is 1. The third kappa shape index (κ3) is 1.51. The van der Waals surface area contributed by atoms with Crippen molar-refractivity contribution in [2.24, 2.45) is 0 Å². The lowest BCUT2D eigenvalue weighted by molar-refractivity contribution is 0.0508. The fourth-order valence-electron chi connectivity index (χ4n) is 2.97. The lowest BCUT2D eigenvalue weighted by atomic mass is 9.73. The highest BCUT2D eigenvalue weighted by Crippen LogP contribution is 2.43. The van der Waals surface area contributed by atoms with E-state index in [9.17, 15) is 4.79 Å². The maximum absolute atomic E-state index is 11.8. The number of aromatic nitrogens is 1. The lowest BCUT2D eigenvalue weighted by Crippen LogP contribution is -2.53. The Labute approximate surface area is 101 Å². The van der Waals surface area contributed by atoms with Crippen LogP contribution in [0.15, 0.2) is 12.1 Å². The number of rotatable bonds is 2. The zero-order valence-electron chi connectivity index (χ0n) is 10.2. The van der Waals surface area contributed by atoms with Crippen molar-refractivity contribution in [2.75, 3.05) is 13.2 Å². The number of nitrogens with one attached hydrogen (secondary N) is 1. The number of hydrogen-bond acceptors (Lipinski definition) is 3. The van der Waals surface area contributed by atoms with Gasteiger partial charge in [-0.15, -0.1) is 0 Å². The van der Waals surface area contributed by atoms with Gasteiger partial charge in [-0.1, -0.05) is 0 Å². The van der Waals surface area contributed by atoms with Crippen molar-refractivity contribution in [1.29, 1.82) is 0 Å². The summed E-state index contributed by atoms with van der Waals surface area (Å²) in [7, 11) is 0. The second-order valence-corrected chi connectivity index (χ2v) is 4.84. The number of fused-ring (bicyclic) bond motifs is 2. The normalized spacial score (nSPS) is 20.8. The van der Waals surface area contributed by atoms with E-state index >= 15 is 0 Å². The van der Waals surface area contributed by atoms with E-state index in [1.807, 2.05) is 13.0 Å². The van der Waals surface area contributed by atoms with Crippen LogP contribution < -0.4 is 5.32 Å². The Hall–Kier alpha value is -1.29. The maximum Gasteiger partial charge on any atom is 0.354 e. The third-order valence-corrected chi connectivity index (χ3v) is 3.96. The van der Waals surface area contributed by atoms with Crippen LogP contribution in [0.3, 0.4) is 0 Å². The van der Waals surface area contributed by atoms with Gasteiger partial charge in [0.1, 0.15) is 5.69 Å². The van der Waals surface area contributed by atoms with E-state index in [4.69, 9.17) is 4.74 Å². The van der Waals surface area contributed by atoms with Crippen molar-refractivity contribution in [3.05, 3.63) is 23.5 Å². The zero-order chi connectivity index (χ0) is 11.9. The lowest BCUT2D eigenvalue weighted by Gasteiger charge is -2.46. The molecule has 17 heavy (non-hydrogen) atoms. The average Bonchev–Trinajstić information content (AvgIpc) is 2.70. The van der Waals surface area contributed by atoms with Crippen LogP contribution in [0.2, 0.25) is 0 Å². The predicted octanol–water partition coefficient (Wildman–Crippen LogP) is 1.65. The van der Waals surface area contributed by atoms with E-state index in [0.29, 0.717) is 12.3 Å². The fourth-order valence-corrected chi connectivity index (χ4v) is 2.97. The fraction of sp³-hybridized carbons (Fsp3) is 0.615. The number of carbonyl (C=O) groups is 1. The van der Waals surface area contributed by atoms with Crippen molar-refractivity contribution in [3.8, 4) is 0 Å². The van der Waals surface area contributed by atoms with Crippen LogP contribution in [-0.2, 0) is 16.8 Å². The van der Waals surface area contributed by atoms with Gasteiger partial charge >= 0.3 is 5.97 Å². The molecule has 0 atom stereocenters. The van der Waals surface area contributed by atoms with Gasteiger partial charge in [0.25, 0.3) is 0 Å². The molecule has 0 saturated heterocycles. The predicted molar refractivity (Wildman–Crippen MR) is 63.9 cm³/mol. The monoisotopic (exact) mass is 234 g/mol. The van der Waals surface area contributed by atoms with Gasteiger partial charge in [-0.25, -0.2) is 4.79 Å². The van der Waals surface area contributed by atoms with E-state index < -0.39 is 0 Å². The van der Waals surface area contributed by atoms with Crippen LogP contribution in [0.5, 0.6) is 0 Å². The molecule has 1 spiro atoms. The SMILES string of the molecule is CCOC(=O)c1ccc2n1CCNC21CCC1. The Morgan fingerprint density at radius 1 is 1.53 bits per heavy atom. The van der Waals surface area contributed by atoms with E-state index in [1.165, 1.54) is 25.0 Å². The Kier molecular flexibility index (Phi) is 2.47. The van der Waals surface area contributed by atoms with Crippen molar-refractivity contribution < 1.29 is 9.53 Å². The highest BCUT2D eigenvalue weighted by atomic mass is 16.5. The molecule has 2 heterocycles. The number of nitrogens with zero attached hydrogens (tertiary/aromatic N) is 1. The van der Waals surface area contributed by atoms with Crippen LogP contribution in [0.25, 0.3) is 0 Å². The largest absolute Gasteiger partial charge is 0.461 e. The Morgan fingerprint density at radius 3 is 3.00 bits per heavy atom. The minimum atomic E-state index is -0.199. The average molecular weight is 234 g/mol. The van der Waals surface area contributed by atoms with Gasteiger partial charge in [0.05, 0.1) is 12.1 Å². The molecular formula is C13H18N2O2. The molecule has 1 aromatic heterocycles. The smallest absolute Gasteiger partial charge is 0.354 e. The van der Waals surface area contributed by atoms with E-state index in [-0.39, 0.29) is 11.5 Å². The second-order valence-electron chi connectivity index (χ2n) is 4.84. The molecule has 0 aromatic carbocycles. The first kappa shape index (κ1) is 10.8. The third-order valence-electron chi connectivity index (χ3n) is 3.96. The molecule has 1 N–H and O–H groups in total. The van der Waals surface area contributed by atoms with Gasteiger partial charge in [-0.05, 0) is 38.3 Å². The van der Waals surface area contributed by atoms with Crippen molar-refractivity contribution >= 4 is 5.97 Å². The molecule has 1 aromatic rings. The summed E-state index contributed by atoms with van der Waals surface area (Å²) in [6.07, 6.45) is 3.63. The quantitative estimate of drug-likeness (QED) is 0.791. The molecule has 1 aliphatic heterocycles. The molecule has 0 bridgehead atoms. The van der Waals surface area contributed by atoms with Crippen LogP contribution in [0, 0.1) is 0 Å². The molecular weight excluding hydrogens is 216 g/mol. The highest BCUT2D eigenvalue weighted by Gasteiger charge is 2.43. The van der Waals surface area contributed by atoms with Crippen LogP contribution in [0.1, 0.15) is 42.4 Å². The molecule has 0 radical (unpaired) electrons. The number of esters is 1. The summed E-state index contributed by atoms with van der Waals surface area (Å²) in [6, 6.07) is 3.98. The molecule has 1 saturated carbocycles. The summed E-state index contributed by atoms with van der Waals surface area (Å²) in [6.45, 7) is 4.07. The van der Waals surface area contributed by atoms with Crippen molar-refractivity contribution in [2.45, 2.75) is 38.3 Å². The molecule has 2 aliphatic rings. The summed E-state index contributed by atoms with van der Waals surface area (Å²) in [5.41, 5.74) is 2.11. The van der Waals surface area contributed by atoms with E-state index in [0.717, 1.165) is 13.1 Å². The first-order chi connectivity index (χ1) is 8.27. The topological polar surface area (TPSA) is 43.3 Å². The number of ether oxygens (including phenoxy) is 1. The van der Waals surface area contributed by atoms with Gasteiger partial charge in [0, 0.05) is 18.8 Å². The second kappa shape index (κ2) is 3.88. The van der Waals surface area contributed by atoms with Gasteiger partial charge in [0.15, 0.2) is 0 Å². The van der Waals surface area contributed by atoms with Gasteiger partial charge in [-0.3, -0.25) is 0 Å². The summed E-state index contributed by atoms with van der Waals surface area (Å²) in [5.74, 6) is -0.199. The van der Waals surface area contributed by atoms with Gasteiger partial charge in [-0.2, -0.15) is 0 Å². The molecule has 0 unspecified atom stereocenters. The van der Waals surface area contributed by atoms with E-state index in [2.05, 4.69) is 16.0 Å². The van der Waals surface area contributed by atoms with Gasteiger partial charge < -0.3 is 14.6 Å². The highest BCUT2D eigenvalue weighted by molar-refractivity contribution is 5.88. The van der Waals surface area contributed by atoms with Crippen molar-refractivity contribution in [1.82, 2.24) is 9.88 Å². The molecule has 92 valence electrons. The zero-order valence-corrected chi connectivity index (χ0v) is 10.2. The minimum absolute atomic E-state index is 0.142. The molecule has 4 heteroatoms. The van der Waals surface area contributed by atoms with Crippen LogP contribution in [0.4, 0.5) is 0 Å². The summed E-state index contributed by atoms with van der Waals surface area (Å²) >= 11 is 0. The summed E-state index contributed by atoms with van der Waals surface area (Å²) in [5, 5.41) is 3.60. The molecule has 1 aliphatic carbocycles. The molecule has 1 fully saturated rings. The Morgan fingerprint density at radius 2 is 2.35 bits per heavy atom. The van der Waals surface area contributed by atoms with E-state index in [1.54, 1.807) is 0 Å². The molecule has 0 amide bonds. The molecule has 3 rings (SSSR count). The van der Waals surface area contributed by atoms with Crippen LogP contribution in [-0.4, -0.2) is 23.7 Å². The standard InChI is InChI=1S/C13H18N2O2/c1-2-17-12(16)10-4-5-11-13(6-3-7-13)14-8-9-15(10)11/h4-5,14H,2-3,6-9H2,1H3. The minimum Gasteiger partial charge on any atom is -0.461 e. The van der Waals surface area contributed by atoms with Crippen molar-refractivity contribution in [3.63, 3.8) is 0 Å². The Bertz CT molecular complexity index is 446.